The van der Waals surface area contributed by atoms with Gasteiger partial charge in [-0.3, -0.25) is 14.4 Å². The Hall–Kier alpha value is -3.16. The van der Waals surface area contributed by atoms with Crippen molar-refractivity contribution in [1.29, 1.82) is 0 Å². The summed E-state index contributed by atoms with van der Waals surface area (Å²) in [6.07, 6.45) is 4.84. The Morgan fingerprint density at radius 2 is 1.78 bits per heavy atom. The normalized spacial score (nSPS) is 25.5. The molecule has 2 aliphatic rings. The van der Waals surface area contributed by atoms with Crippen molar-refractivity contribution in [3.63, 3.8) is 0 Å². The standard InChI is InChI=1S/C29H33ClN2O5/c1-3-19-14-15-21-25(24(19)29(36)37-4-2)28(35)32(20(17-33)16-18-10-6-5-7-11-18)26(21)27(34)31-23-13-9-8-12-22(23)30/h5-15,19-21,24-26,33H,3-4,16-17H2,1-2H3,(H,31,34)/t19-,20-,21+,24-,25+,26+/m1/s1. The van der Waals surface area contributed by atoms with E-state index >= 15 is 0 Å². The first-order valence-corrected chi connectivity index (χ1v) is 13.2. The minimum Gasteiger partial charge on any atom is -0.466 e. The summed E-state index contributed by atoms with van der Waals surface area (Å²) in [4.78, 5) is 42.5. The zero-order chi connectivity index (χ0) is 26.5. The van der Waals surface area contributed by atoms with Gasteiger partial charge in [0.2, 0.25) is 11.8 Å². The average molecular weight is 525 g/mol. The first-order chi connectivity index (χ1) is 17.9. The van der Waals surface area contributed by atoms with Crippen LogP contribution in [0.5, 0.6) is 0 Å². The van der Waals surface area contributed by atoms with E-state index in [1.165, 1.54) is 4.90 Å². The predicted molar refractivity (Wildman–Crippen MR) is 142 cm³/mol. The van der Waals surface area contributed by atoms with Crippen LogP contribution >= 0.6 is 11.6 Å². The lowest BCUT2D eigenvalue weighted by Gasteiger charge is -2.34. The third kappa shape index (κ3) is 5.43. The fraction of sp³-hybridized carbons (Fsp3) is 0.414. The average Bonchev–Trinajstić information content (AvgIpc) is 3.20. The summed E-state index contributed by atoms with van der Waals surface area (Å²) in [5, 5.41) is 13.7. The quantitative estimate of drug-likeness (QED) is 0.380. The van der Waals surface area contributed by atoms with E-state index in [1.807, 2.05) is 49.4 Å². The molecule has 1 aliphatic carbocycles. The smallest absolute Gasteiger partial charge is 0.310 e. The minimum atomic E-state index is -0.930. The molecular formula is C29H33ClN2O5. The Morgan fingerprint density at radius 3 is 2.43 bits per heavy atom. The molecule has 0 bridgehead atoms. The topological polar surface area (TPSA) is 95.9 Å². The second-order valence-electron chi connectivity index (χ2n) is 9.52. The number of fused-ring (bicyclic) bond motifs is 1. The van der Waals surface area contributed by atoms with Gasteiger partial charge in [-0.25, -0.2) is 0 Å². The van der Waals surface area contributed by atoms with Crippen molar-refractivity contribution in [2.75, 3.05) is 18.5 Å². The number of ether oxygens (including phenoxy) is 1. The molecule has 6 atom stereocenters. The number of esters is 1. The van der Waals surface area contributed by atoms with Gasteiger partial charge in [-0.05, 0) is 43.4 Å². The van der Waals surface area contributed by atoms with E-state index in [2.05, 4.69) is 5.32 Å². The van der Waals surface area contributed by atoms with Crippen LogP contribution in [0.1, 0.15) is 25.8 Å². The van der Waals surface area contributed by atoms with Crippen LogP contribution in [0.15, 0.2) is 66.7 Å². The van der Waals surface area contributed by atoms with E-state index in [-0.39, 0.29) is 25.0 Å². The molecule has 1 heterocycles. The van der Waals surface area contributed by atoms with Crippen LogP contribution in [0.4, 0.5) is 5.69 Å². The molecule has 0 saturated carbocycles. The molecule has 0 aromatic heterocycles. The lowest BCUT2D eigenvalue weighted by molar-refractivity contribution is -0.156. The molecule has 2 aromatic carbocycles. The van der Waals surface area contributed by atoms with E-state index in [4.69, 9.17) is 16.3 Å². The lowest BCUT2D eigenvalue weighted by atomic mass is 9.69. The molecule has 2 amide bonds. The SMILES string of the molecule is CCOC(=O)[C@H]1[C@H]2C(=O)N([C@@H](CO)Cc3ccccc3)[C@H](C(=O)Nc3ccccc3Cl)[C@H]2C=C[C@H]1CC. The number of halogens is 1. The molecule has 0 radical (unpaired) electrons. The third-order valence-corrected chi connectivity index (χ3v) is 7.73. The molecule has 4 rings (SSSR count). The highest BCUT2D eigenvalue weighted by molar-refractivity contribution is 6.33. The number of aliphatic hydroxyl groups excluding tert-OH is 1. The number of aliphatic hydroxyl groups is 1. The van der Waals surface area contributed by atoms with Gasteiger partial charge in [-0.15, -0.1) is 0 Å². The first-order valence-electron chi connectivity index (χ1n) is 12.8. The first kappa shape index (κ1) is 26.9. The Kier molecular flexibility index (Phi) is 8.67. The van der Waals surface area contributed by atoms with Crippen LogP contribution in [0.3, 0.4) is 0 Å². The summed E-state index contributed by atoms with van der Waals surface area (Å²) in [6, 6.07) is 14.8. The molecule has 37 heavy (non-hydrogen) atoms. The molecule has 7 nitrogen and oxygen atoms in total. The van der Waals surface area contributed by atoms with Crippen LogP contribution in [0, 0.1) is 23.7 Å². The number of carbonyl (C=O) groups excluding carboxylic acids is 3. The third-order valence-electron chi connectivity index (χ3n) is 7.40. The van der Waals surface area contributed by atoms with Crippen molar-refractivity contribution in [2.24, 2.45) is 23.7 Å². The van der Waals surface area contributed by atoms with Crippen molar-refractivity contribution in [3.05, 3.63) is 77.3 Å². The van der Waals surface area contributed by atoms with Crippen molar-refractivity contribution >= 4 is 35.1 Å². The number of rotatable bonds is 9. The summed E-state index contributed by atoms with van der Waals surface area (Å²) < 4.78 is 5.38. The van der Waals surface area contributed by atoms with Crippen LogP contribution in [-0.4, -0.2) is 53.1 Å². The number of nitrogens with zero attached hydrogens (tertiary/aromatic N) is 1. The minimum absolute atomic E-state index is 0.182. The van der Waals surface area contributed by atoms with E-state index < -0.39 is 41.7 Å². The fourth-order valence-corrected chi connectivity index (χ4v) is 5.88. The van der Waals surface area contributed by atoms with Gasteiger partial charge in [0, 0.05) is 5.92 Å². The van der Waals surface area contributed by atoms with Gasteiger partial charge >= 0.3 is 5.97 Å². The molecule has 8 heteroatoms. The number of hydrogen-bond donors (Lipinski definition) is 2. The maximum atomic E-state index is 14.1. The zero-order valence-electron chi connectivity index (χ0n) is 21.0. The van der Waals surface area contributed by atoms with E-state index in [0.717, 1.165) is 5.56 Å². The molecule has 0 unspecified atom stereocenters. The number of benzene rings is 2. The largest absolute Gasteiger partial charge is 0.466 e. The highest BCUT2D eigenvalue weighted by Crippen LogP contribution is 2.46. The number of allylic oxidation sites excluding steroid dienone is 1. The number of amides is 2. The molecule has 1 fully saturated rings. The second-order valence-corrected chi connectivity index (χ2v) is 9.93. The molecule has 2 N–H and O–H groups in total. The number of anilines is 1. The van der Waals surface area contributed by atoms with Crippen molar-refractivity contribution in [3.8, 4) is 0 Å². The zero-order valence-corrected chi connectivity index (χ0v) is 21.8. The van der Waals surface area contributed by atoms with Gasteiger partial charge in [-0.1, -0.05) is 73.1 Å². The van der Waals surface area contributed by atoms with Crippen LogP contribution in [-0.2, 0) is 25.5 Å². The maximum absolute atomic E-state index is 14.1. The van der Waals surface area contributed by atoms with Crippen molar-refractivity contribution in [2.45, 2.75) is 38.8 Å². The van der Waals surface area contributed by atoms with Gasteiger partial charge < -0.3 is 20.1 Å². The summed E-state index contributed by atoms with van der Waals surface area (Å²) in [6.45, 7) is 3.57. The molecule has 2 aromatic rings. The molecule has 1 saturated heterocycles. The van der Waals surface area contributed by atoms with Crippen LogP contribution in [0.25, 0.3) is 0 Å². The predicted octanol–water partition coefficient (Wildman–Crippen LogP) is 4.10. The molecule has 196 valence electrons. The summed E-state index contributed by atoms with van der Waals surface area (Å²) >= 11 is 6.30. The Bertz CT molecular complexity index is 1150. The van der Waals surface area contributed by atoms with Crippen LogP contribution in [0.2, 0.25) is 5.02 Å². The number of hydrogen-bond acceptors (Lipinski definition) is 5. The van der Waals surface area contributed by atoms with Gasteiger partial charge in [0.1, 0.15) is 6.04 Å². The Balaban J connectivity index is 1.75. The maximum Gasteiger partial charge on any atom is 0.310 e. The number of para-hydroxylation sites is 1. The highest BCUT2D eigenvalue weighted by atomic mass is 35.5. The van der Waals surface area contributed by atoms with E-state index in [9.17, 15) is 19.5 Å². The van der Waals surface area contributed by atoms with Gasteiger partial charge in [0.05, 0.1) is 41.8 Å². The molecular weight excluding hydrogens is 492 g/mol. The Morgan fingerprint density at radius 1 is 1.08 bits per heavy atom. The lowest BCUT2D eigenvalue weighted by Crippen LogP contribution is -2.51. The van der Waals surface area contributed by atoms with Crippen LogP contribution < -0.4 is 5.32 Å². The highest BCUT2D eigenvalue weighted by Gasteiger charge is 2.58. The number of nitrogens with one attached hydrogen (secondary N) is 1. The number of carbonyl (C=O) groups is 3. The summed E-state index contributed by atoms with van der Waals surface area (Å²) in [5.41, 5.74) is 1.36. The monoisotopic (exact) mass is 524 g/mol. The van der Waals surface area contributed by atoms with E-state index in [1.54, 1.807) is 31.2 Å². The summed E-state index contributed by atoms with van der Waals surface area (Å²) in [7, 11) is 0. The van der Waals surface area contributed by atoms with Gasteiger partial charge in [-0.2, -0.15) is 0 Å². The summed E-state index contributed by atoms with van der Waals surface area (Å²) in [5.74, 6) is -3.37. The van der Waals surface area contributed by atoms with E-state index in [0.29, 0.717) is 23.6 Å². The van der Waals surface area contributed by atoms with Gasteiger partial charge in [0.25, 0.3) is 0 Å². The molecule has 1 aliphatic heterocycles. The Labute approximate surface area is 222 Å². The number of likely N-dealkylation sites (tertiary alicyclic amines) is 1. The second kappa shape index (κ2) is 11.9. The van der Waals surface area contributed by atoms with Crippen molar-refractivity contribution < 1.29 is 24.2 Å². The molecule has 0 spiro atoms. The van der Waals surface area contributed by atoms with Gasteiger partial charge in [0.15, 0.2) is 0 Å². The fourth-order valence-electron chi connectivity index (χ4n) is 5.70. The van der Waals surface area contributed by atoms with Crippen molar-refractivity contribution in [1.82, 2.24) is 4.90 Å².